The molecule has 5 rings (SSSR count). The number of nitrogens with two attached hydrogens (primary N) is 1. The number of halogens is 4. The quantitative estimate of drug-likeness (QED) is 0.281. The summed E-state index contributed by atoms with van der Waals surface area (Å²) in [5.41, 5.74) is 8.85. The Bertz CT molecular complexity index is 1710. The normalized spacial score (nSPS) is 14.0. The molecule has 0 atom stereocenters. The first-order valence-corrected chi connectivity index (χ1v) is 13.1. The number of nitrogens with zero attached hydrogens (tertiary/aromatic N) is 3. The number of rotatable bonds is 6. The summed E-state index contributed by atoms with van der Waals surface area (Å²) in [5, 5.41) is 2.58. The number of alkyl halides is 3. The van der Waals surface area contributed by atoms with E-state index in [1.165, 1.54) is 17.7 Å². The third-order valence-corrected chi connectivity index (χ3v) is 7.00. The van der Waals surface area contributed by atoms with Crippen molar-refractivity contribution in [3.8, 4) is 22.3 Å². The first kappa shape index (κ1) is 28.7. The minimum Gasteiger partial charge on any atom is -0.383 e. The summed E-state index contributed by atoms with van der Waals surface area (Å²) >= 11 is 0. The Hall–Kier alpha value is -4.77. The van der Waals surface area contributed by atoms with Gasteiger partial charge in [0.25, 0.3) is 5.91 Å². The number of pyridine rings is 2. The largest absolute Gasteiger partial charge is 0.406 e. The van der Waals surface area contributed by atoms with E-state index in [-0.39, 0.29) is 11.1 Å². The van der Waals surface area contributed by atoms with E-state index in [9.17, 15) is 27.2 Å². The van der Waals surface area contributed by atoms with Gasteiger partial charge in [-0.15, -0.1) is 0 Å². The molecule has 0 fully saturated rings. The molecular formula is C31H27F4N5O2. The zero-order valence-corrected chi connectivity index (χ0v) is 22.6. The van der Waals surface area contributed by atoms with Crippen LogP contribution in [-0.2, 0) is 6.54 Å². The van der Waals surface area contributed by atoms with Crippen LogP contribution in [-0.4, -0.2) is 46.7 Å². The Kier molecular flexibility index (Phi) is 7.95. The molecule has 0 bridgehead atoms. The molecule has 216 valence electrons. The Morgan fingerprint density at radius 2 is 1.67 bits per heavy atom. The number of nitrogen functional groups attached to an aromatic ring is 1. The number of amides is 1. The van der Waals surface area contributed by atoms with Gasteiger partial charge in [0.2, 0.25) is 5.43 Å². The van der Waals surface area contributed by atoms with E-state index in [0.717, 1.165) is 59.7 Å². The molecule has 3 heterocycles. The molecule has 7 nitrogen and oxygen atoms in total. The lowest BCUT2D eigenvalue weighted by Gasteiger charge is -2.22. The highest BCUT2D eigenvalue weighted by Gasteiger charge is 2.29. The van der Waals surface area contributed by atoms with Gasteiger partial charge in [0.15, 0.2) is 0 Å². The lowest BCUT2D eigenvalue weighted by molar-refractivity contribution is -0.140. The Labute approximate surface area is 238 Å². The van der Waals surface area contributed by atoms with Gasteiger partial charge in [-0.05, 0) is 66.1 Å². The van der Waals surface area contributed by atoms with Crippen molar-refractivity contribution in [2.75, 3.05) is 31.2 Å². The summed E-state index contributed by atoms with van der Waals surface area (Å²) in [6, 6.07) is 13.3. The fourth-order valence-corrected chi connectivity index (χ4v) is 4.77. The fourth-order valence-electron chi connectivity index (χ4n) is 4.77. The standard InChI is InChI=1S/C31H27F4N5O2/c1-39-12-10-19(11-13-39)22-14-25(29(36)37-15-22)20-4-8-24(9-5-20)38-30(42)27-17-40(18-31(33,34)35)16-26(28(27)41)21-2-6-23(32)7-3-21/h2-10,14-17H,11-13,18H2,1H3,(H2,36,37)(H,38,42). The van der Waals surface area contributed by atoms with Crippen LogP contribution in [0.25, 0.3) is 27.8 Å². The maximum Gasteiger partial charge on any atom is 0.406 e. The summed E-state index contributed by atoms with van der Waals surface area (Å²) in [4.78, 5) is 32.9. The van der Waals surface area contributed by atoms with Crippen LogP contribution >= 0.6 is 0 Å². The number of carbonyl (C=O) groups is 1. The van der Waals surface area contributed by atoms with Gasteiger partial charge in [-0.25, -0.2) is 9.37 Å². The second kappa shape index (κ2) is 11.6. The first-order valence-electron chi connectivity index (χ1n) is 13.1. The van der Waals surface area contributed by atoms with Crippen LogP contribution in [0.4, 0.5) is 29.1 Å². The highest BCUT2D eigenvalue weighted by atomic mass is 19.4. The Morgan fingerprint density at radius 3 is 2.31 bits per heavy atom. The average molecular weight is 578 g/mol. The molecule has 0 unspecified atom stereocenters. The van der Waals surface area contributed by atoms with Crippen LogP contribution in [0, 0.1) is 5.82 Å². The van der Waals surface area contributed by atoms with Gasteiger partial charge in [0.05, 0.1) is 0 Å². The molecule has 0 spiro atoms. The van der Waals surface area contributed by atoms with Gasteiger partial charge < -0.3 is 20.5 Å². The summed E-state index contributed by atoms with van der Waals surface area (Å²) in [7, 11) is 2.06. The molecule has 2 aromatic heterocycles. The smallest absolute Gasteiger partial charge is 0.383 e. The van der Waals surface area contributed by atoms with Crippen molar-refractivity contribution in [1.29, 1.82) is 0 Å². The number of likely N-dealkylation sites (N-methyl/N-ethyl adjacent to an activating group) is 1. The van der Waals surface area contributed by atoms with Crippen LogP contribution < -0.4 is 16.5 Å². The zero-order valence-electron chi connectivity index (χ0n) is 22.6. The zero-order chi connectivity index (χ0) is 30.0. The van der Waals surface area contributed by atoms with E-state index in [0.29, 0.717) is 17.1 Å². The van der Waals surface area contributed by atoms with Crippen LogP contribution in [0.2, 0.25) is 0 Å². The van der Waals surface area contributed by atoms with Crippen molar-refractivity contribution < 1.29 is 22.4 Å². The minimum atomic E-state index is -4.60. The second-order valence-corrected chi connectivity index (χ2v) is 10.1. The molecule has 2 aromatic carbocycles. The maximum absolute atomic E-state index is 13.4. The Balaban J connectivity index is 1.42. The molecule has 0 aliphatic carbocycles. The van der Waals surface area contributed by atoms with Crippen molar-refractivity contribution in [2.45, 2.75) is 19.1 Å². The molecule has 0 radical (unpaired) electrons. The number of benzene rings is 2. The molecule has 4 aromatic rings. The van der Waals surface area contributed by atoms with E-state index in [1.54, 1.807) is 30.5 Å². The van der Waals surface area contributed by atoms with Crippen molar-refractivity contribution >= 4 is 23.0 Å². The summed E-state index contributed by atoms with van der Waals surface area (Å²) in [5.74, 6) is -1.12. The molecule has 1 amide bonds. The van der Waals surface area contributed by atoms with Gasteiger partial charge in [-0.3, -0.25) is 9.59 Å². The number of hydrogen-bond acceptors (Lipinski definition) is 5. The molecule has 1 aliphatic rings. The number of aromatic nitrogens is 2. The summed E-state index contributed by atoms with van der Waals surface area (Å²) in [6.07, 6.45) is 2.06. The van der Waals surface area contributed by atoms with E-state index in [1.807, 2.05) is 6.07 Å². The molecular weight excluding hydrogens is 550 g/mol. The highest BCUT2D eigenvalue weighted by molar-refractivity contribution is 6.04. The molecule has 3 N–H and O–H groups in total. The maximum atomic E-state index is 13.4. The van der Waals surface area contributed by atoms with E-state index in [4.69, 9.17) is 5.73 Å². The summed E-state index contributed by atoms with van der Waals surface area (Å²) in [6.45, 7) is 0.365. The van der Waals surface area contributed by atoms with Crippen molar-refractivity contribution in [1.82, 2.24) is 14.5 Å². The van der Waals surface area contributed by atoms with Crippen LogP contribution in [0.1, 0.15) is 22.3 Å². The predicted octanol–water partition coefficient (Wildman–Crippen LogP) is 5.83. The number of nitrogens with one attached hydrogen (secondary N) is 1. The van der Waals surface area contributed by atoms with Crippen molar-refractivity contribution in [3.05, 3.63) is 106 Å². The van der Waals surface area contributed by atoms with Crippen LogP contribution in [0.15, 0.2) is 84.1 Å². The van der Waals surface area contributed by atoms with Gasteiger partial charge in [0, 0.05) is 48.5 Å². The van der Waals surface area contributed by atoms with Gasteiger partial charge in [0.1, 0.15) is 23.7 Å². The molecule has 42 heavy (non-hydrogen) atoms. The second-order valence-electron chi connectivity index (χ2n) is 10.1. The topological polar surface area (TPSA) is 93.2 Å². The minimum absolute atomic E-state index is 0.162. The van der Waals surface area contributed by atoms with E-state index < -0.39 is 35.4 Å². The van der Waals surface area contributed by atoms with Gasteiger partial charge in [-0.2, -0.15) is 13.2 Å². The average Bonchev–Trinajstić information content (AvgIpc) is 2.95. The van der Waals surface area contributed by atoms with Gasteiger partial charge >= 0.3 is 6.18 Å². The third kappa shape index (κ3) is 6.58. The molecule has 1 aliphatic heterocycles. The van der Waals surface area contributed by atoms with Crippen LogP contribution in [0.5, 0.6) is 0 Å². The molecule has 0 saturated heterocycles. The third-order valence-electron chi connectivity index (χ3n) is 7.00. The Morgan fingerprint density at radius 1 is 1.00 bits per heavy atom. The first-order chi connectivity index (χ1) is 20.0. The van der Waals surface area contributed by atoms with Gasteiger partial charge in [-0.1, -0.05) is 30.3 Å². The number of hydrogen-bond donors (Lipinski definition) is 2. The van der Waals surface area contributed by atoms with Crippen molar-refractivity contribution in [2.24, 2.45) is 0 Å². The summed E-state index contributed by atoms with van der Waals surface area (Å²) < 4.78 is 53.7. The SMILES string of the molecule is CN1CC=C(c2cnc(N)c(-c3ccc(NC(=O)c4cn(CC(F)(F)F)cc(-c5ccc(F)cc5)c4=O)cc3)c2)CC1. The molecule has 0 saturated carbocycles. The van der Waals surface area contributed by atoms with Crippen LogP contribution in [0.3, 0.4) is 0 Å². The highest BCUT2D eigenvalue weighted by Crippen LogP contribution is 2.31. The predicted molar refractivity (Wildman–Crippen MR) is 154 cm³/mol. The number of carbonyl (C=O) groups excluding carboxylic acids is 1. The lowest BCUT2D eigenvalue weighted by Crippen LogP contribution is -2.27. The molecule has 11 heteroatoms. The monoisotopic (exact) mass is 577 g/mol. The van der Waals surface area contributed by atoms with E-state index >= 15 is 0 Å². The fraction of sp³-hybridized carbons (Fsp3) is 0.194. The van der Waals surface area contributed by atoms with Crippen molar-refractivity contribution in [3.63, 3.8) is 0 Å². The lowest BCUT2D eigenvalue weighted by atomic mass is 9.97. The number of anilines is 2. The van der Waals surface area contributed by atoms with E-state index in [2.05, 4.69) is 28.3 Å².